The van der Waals surface area contributed by atoms with Crippen molar-refractivity contribution in [3.63, 3.8) is 0 Å². The third-order valence-corrected chi connectivity index (χ3v) is 4.16. The number of hydrogen-bond donors (Lipinski definition) is 1. The molecule has 0 aliphatic carbocycles. The highest BCUT2D eigenvalue weighted by atomic mass is 16.5. The van der Waals surface area contributed by atoms with Crippen molar-refractivity contribution in [3.05, 3.63) is 65.9 Å². The van der Waals surface area contributed by atoms with Gasteiger partial charge >= 0.3 is 0 Å². The summed E-state index contributed by atoms with van der Waals surface area (Å²) in [5.41, 5.74) is 3.41. The zero-order valence-electron chi connectivity index (χ0n) is 11.7. The van der Waals surface area contributed by atoms with Crippen LogP contribution in [-0.2, 0) is 19.6 Å². The smallest absolute Gasteiger partial charge is 0.123 e. The van der Waals surface area contributed by atoms with E-state index < -0.39 is 0 Å². The molecule has 0 saturated carbocycles. The fourth-order valence-electron chi connectivity index (χ4n) is 3.18. The standard InChI is InChI=1S/C18H17NO2/c20-12-14-10-19(17-7-3-2-6-16(14)17)11-15-9-13-5-1-4-8-18(13)21-15/h1-8,10,15,20H,9,11-12H2. The summed E-state index contributed by atoms with van der Waals surface area (Å²) >= 11 is 0. The van der Waals surface area contributed by atoms with Crippen LogP contribution in [0.25, 0.3) is 10.9 Å². The Kier molecular flexibility index (Phi) is 2.93. The molecule has 1 atom stereocenters. The van der Waals surface area contributed by atoms with Crippen molar-refractivity contribution in [2.45, 2.75) is 25.7 Å². The van der Waals surface area contributed by atoms with Gasteiger partial charge in [-0.15, -0.1) is 0 Å². The number of ether oxygens (including phenoxy) is 1. The van der Waals surface area contributed by atoms with Crippen molar-refractivity contribution < 1.29 is 9.84 Å². The molecular formula is C18H17NO2. The van der Waals surface area contributed by atoms with E-state index in [0.29, 0.717) is 0 Å². The molecule has 2 aromatic carbocycles. The second kappa shape index (κ2) is 4.93. The van der Waals surface area contributed by atoms with Gasteiger partial charge < -0.3 is 14.4 Å². The Morgan fingerprint density at radius 1 is 1.10 bits per heavy atom. The van der Waals surface area contributed by atoms with Crippen molar-refractivity contribution in [3.8, 4) is 5.75 Å². The highest BCUT2D eigenvalue weighted by molar-refractivity contribution is 5.83. The van der Waals surface area contributed by atoms with Crippen LogP contribution >= 0.6 is 0 Å². The molecule has 0 bridgehead atoms. The number of benzene rings is 2. The first kappa shape index (κ1) is 12.5. The van der Waals surface area contributed by atoms with E-state index >= 15 is 0 Å². The Labute approximate surface area is 123 Å². The van der Waals surface area contributed by atoms with E-state index in [9.17, 15) is 5.11 Å². The van der Waals surface area contributed by atoms with E-state index in [1.807, 2.05) is 30.5 Å². The minimum Gasteiger partial charge on any atom is -0.488 e. The molecule has 1 unspecified atom stereocenters. The van der Waals surface area contributed by atoms with Gasteiger partial charge in [0, 0.05) is 29.1 Å². The number of nitrogens with zero attached hydrogens (tertiary/aromatic N) is 1. The minimum absolute atomic E-state index is 0.0687. The van der Waals surface area contributed by atoms with Gasteiger partial charge in [-0.25, -0.2) is 0 Å². The molecule has 1 N–H and O–H groups in total. The summed E-state index contributed by atoms with van der Waals surface area (Å²) in [5, 5.41) is 10.6. The molecule has 106 valence electrons. The Bertz CT molecular complexity index is 766. The van der Waals surface area contributed by atoms with Crippen LogP contribution in [0.1, 0.15) is 11.1 Å². The number of aliphatic hydroxyl groups is 1. The van der Waals surface area contributed by atoms with Gasteiger partial charge in [0.15, 0.2) is 0 Å². The van der Waals surface area contributed by atoms with E-state index in [1.165, 1.54) is 5.56 Å². The topological polar surface area (TPSA) is 34.4 Å². The summed E-state index contributed by atoms with van der Waals surface area (Å²) in [6.07, 6.45) is 3.14. The van der Waals surface area contributed by atoms with E-state index in [-0.39, 0.29) is 12.7 Å². The Balaban J connectivity index is 1.64. The molecule has 1 aliphatic rings. The van der Waals surface area contributed by atoms with Crippen LogP contribution in [0.3, 0.4) is 0 Å². The van der Waals surface area contributed by atoms with Crippen molar-refractivity contribution >= 4 is 10.9 Å². The molecular weight excluding hydrogens is 262 g/mol. The van der Waals surface area contributed by atoms with Gasteiger partial charge in [0.2, 0.25) is 0 Å². The van der Waals surface area contributed by atoms with Gasteiger partial charge in [-0.05, 0) is 17.7 Å². The summed E-state index contributed by atoms with van der Waals surface area (Å²) < 4.78 is 8.21. The first-order valence-corrected chi connectivity index (χ1v) is 7.27. The van der Waals surface area contributed by atoms with Crippen molar-refractivity contribution in [2.24, 2.45) is 0 Å². The highest BCUT2D eigenvalue weighted by Gasteiger charge is 2.23. The largest absolute Gasteiger partial charge is 0.488 e. The highest BCUT2D eigenvalue weighted by Crippen LogP contribution is 2.30. The first-order valence-electron chi connectivity index (χ1n) is 7.27. The predicted octanol–water partition coefficient (Wildman–Crippen LogP) is 3.14. The molecule has 0 fully saturated rings. The van der Waals surface area contributed by atoms with Crippen LogP contribution in [-0.4, -0.2) is 15.8 Å². The summed E-state index contributed by atoms with van der Waals surface area (Å²) in [6.45, 7) is 0.870. The average molecular weight is 279 g/mol. The van der Waals surface area contributed by atoms with E-state index in [0.717, 1.165) is 35.2 Å². The van der Waals surface area contributed by atoms with Crippen LogP contribution < -0.4 is 4.74 Å². The Hall–Kier alpha value is -2.26. The molecule has 0 spiro atoms. The number of fused-ring (bicyclic) bond motifs is 2. The van der Waals surface area contributed by atoms with Gasteiger partial charge in [-0.2, -0.15) is 0 Å². The van der Waals surface area contributed by atoms with Crippen LogP contribution in [0.5, 0.6) is 5.75 Å². The number of aromatic nitrogens is 1. The van der Waals surface area contributed by atoms with Gasteiger partial charge in [0.05, 0.1) is 13.2 Å². The van der Waals surface area contributed by atoms with Gasteiger partial charge in [-0.1, -0.05) is 36.4 Å². The fourth-order valence-corrected chi connectivity index (χ4v) is 3.18. The van der Waals surface area contributed by atoms with Gasteiger partial charge in [-0.3, -0.25) is 0 Å². The molecule has 4 rings (SSSR count). The van der Waals surface area contributed by atoms with Gasteiger partial charge in [0.25, 0.3) is 0 Å². The van der Waals surface area contributed by atoms with Crippen molar-refractivity contribution in [1.82, 2.24) is 4.57 Å². The maximum Gasteiger partial charge on any atom is 0.123 e. The average Bonchev–Trinajstić information content (AvgIpc) is 3.08. The molecule has 1 aromatic heterocycles. The van der Waals surface area contributed by atoms with Gasteiger partial charge in [0.1, 0.15) is 11.9 Å². The van der Waals surface area contributed by atoms with Crippen LogP contribution in [0.15, 0.2) is 54.7 Å². The number of aliphatic hydroxyl groups excluding tert-OH is 1. The summed E-state index contributed by atoms with van der Waals surface area (Å²) in [5.74, 6) is 1.00. The quantitative estimate of drug-likeness (QED) is 0.799. The van der Waals surface area contributed by atoms with Crippen LogP contribution in [0.4, 0.5) is 0 Å². The Morgan fingerprint density at radius 3 is 2.76 bits per heavy atom. The maximum atomic E-state index is 9.51. The zero-order valence-corrected chi connectivity index (χ0v) is 11.7. The molecule has 0 amide bonds. The van der Waals surface area contributed by atoms with E-state index in [4.69, 9.17) is 4.74 Å². The Morgan fingerprint density at radius 2 is 1.90 bits per heavy atom. The lowest BCUT2D eigenvalue weighted by molar-refractivity contribution is 0.210. The monoisotopic (exact) mass is 279 g/mol. The molecule has 2 heterocycles. The summed E-state index contributed by atoms with van der Waals surface area (Å²) in [6, 6.07) is 16.4. The zero-order chi connectivity index (χ0) is 14.2. The lowest BCUT2D eigenvalue weighted by Gasteiger charge is -2.12. The van der Waals surface area contributed by atoms with Crippen LogP contribution in [0, 0.1) is 0 Å². The van der Waals surface area contributed by atoms with Crippen molar-refractivity contribution in [2.75, 3.05) is 0 Å². The summed E-state index contributed by atoms with van der Waals surface area (Å²) in [7, 11) is 0. The maximum absolute atomic E-state index is 9.51. The third kappa shape index (κ3) is 2.10. The van der Waals surface area contributed by atoms with E-state index in [1.54, 1.807) is 0 Å². The lowest BCUT2D eigenvalue weighted by atomic mass is 10.1. The third-order valence-electron chi connectivity index (χ3n) is 4.16. The fraction of sp³-hybridized carbons (Fsp3) is 0.222. The molecule has 0 radical (unpaired) electrons. The molecule has 3 aromatic rings. The summed E-state index contributed by atoms with van der Waals surface area (Å²) in [4.78, 5) is 0. The normalized spacial score (nSPS) is 16.9. The molecule has 1 aliphatic heterocycles. The first-order chi connectivity index (χ1) is 10.3. The molecule has 21 heavy (non-hydrogen) atoms. The SMILES string of the molecule is OCc1cn(CC2Cc3ccccc3O2)c2ccccc12. The number of rotatable bonds is 3. The molecule has 0 saturated heterocycles. The lowest BCUT2D eigenvalue weighted by Crippen LogP contribution is -2.20. The van der Waals surface area contributed by atoms with Crippen LogP contribution in [0.2, 0.25) is 0 Å². The second-order valence-electron chi connectivity index (χ2n) is 5.53. The second-order valence-corrected chi connectivity index (χ2v) is 5.53. The number of hydrogen-bond acceptors (Lipinski definition) is 2. The molecule has 3 nitrogen and oxygen atoms in total. The number of para-hydroxylation sites is 2. The van der Waals surface area contributed by atoms with E-state index in [2.05, 4.69) is 28.8 Å². The minimum atomic E-state index is 0.0687. The molecule has 3 heteroatoms. The predicted molar refractivity (Wildman–Crippen MR) is 82.4 cm³/mol. The van der Waals surface area contributed by atoms with Crippen molar-refractivity contribution in [1.29, 1.82) is 0 Å².